The summed E-state index contributed by atoms with van der Waals surface area (Å²) in [5, 5.41) is 2.63. The first-order valence-electron chi connectivity index (χ1n) is 8.08. The molecule has 25 heavy (non-hydrogen) atoms. The number of alkyl carbamates (subject to hydrolysis) is 1. The maximum atomic E-state index is 11.9. The van der Waals surface area contributed by atoms with E-state index in [2.05, 4.69) is 5.32 Å². The predicted octanol–water partition coefficient (Wildman–Crippen LogP) is 2.98. The quantitative estimate of drug-likeness (QED) is 0.818. The van der Waals surface area contributed by atoms with Gasteiger partial charge in [0.25, 0.3) is 0 Å². The standard InChI is InChI=1S/C19H19NO5/c1-2-23-18(21)17-16(20-19(22)25-17)14-8-10-15(11-9-14)24-12-13-6-4-3-5-7-13/h3-11,16-17H,2,12H2,1H3,(H,20,22)/t16-,17-/m0/s1. The van der Waals surface area contributed by atoms with Crippen molar-refractivity contribution in [3.8, 4) is 5.75 Å². The van der Waals surface area contributed by atoms with E-state index >= 15 is 0 Å². The van der Waals surface area contributed by atoms with Crippen molar-refractivity contribution in [3.63, 3.8) is 0 Å². The third-order valence-electron chi connectivity index (χ3n) is 3.82. The van der Waals surface area contributed by atoms with E-state index in [1.807, 2.05) is 30.3 Å². The van der Waals surface area contributed by atoms with Crippen LogP contribution in [0.5, 0.6) is 5.75 Å². The lowest BCUT2D eigenvalue weighted by atomic mass is 10.0. The second kappa shape index (κ2) is 7.70. The zero-order chi connectivity index (χ0) is 17.6. The second-order valence-electron chi connectivity index (χ2n) is 5.54. The van der Waals surface area contributed by atoms with E-state index in [4.69, 9.17) is 14.2 Å². The van der Waals surface area contributed by atoms with Gasteiger partial charge >= 0.3 is 12.1 Å². The Balaban J connectivity index is 1.66. The molecule has 1 N–H and O–H groups in total. The number of carbonyl (C=O) groups is 2. The van der Waals surface area contributed by atoms with Crippen molar-refractivity contribution in [1.82, 2.24) is 5.32 Å². The summed E-state index contributed by atoms with van der Waals surface area (Å²) in [6.45, 7) is 2.40. The number of hydrogen-bond acceptors (Lipinski definition) is 5. The lowest BCUT2D eigenvalue weighted by molar-refractivity contribution is -0.152. The average Bonchev–Trinajstić information content (AvgIpc) is 3.03. The Labute approximate surface area is 145 Å². The van der Waals surface area contributed by atoms with Crippen molar-refractivity contribution < 1.29 is 23.8 Å². The number of hydrogen-bond donors (Lipinski definition) is 1. The molecule has 1 saturated heterocycles. The zero-order valence-corrected chi connectivity index (χ0v) is 13.8. The molecule has 1 heterocycles. The molecular weight excluding hydrogens is 322 g/mol. The number of rotatable bonds is 6. The van der Waals surface area contributed by atoms with Gasteiger partial charge in [0.1, 0.15) is 18.4 Å². The summed E-state index contributed by atoms with van der Waals surface area (Å²) in [7, 11) is 0. The summed E-state index contributed by atoms with van der Waals surface area (Å²) in [6, 6.07) is 16.5. The van der Waals surface area contributed by atoms with Crippen LogP contribution in [0.25, 0.3) is 0 Å². The molecule has 0 unspecified atom stereocenters. The Bertz CT molecular complexity index is 729. The van der Waals surface area contributed by atoms with E-state index in [9.17, 15) is 9.59 Å². The van der Waals surface area contributed by atoms with Crippen LogP contribution in [0.1, 0.15) is 24.1 Å². The number of amides is 1. The Hall–Kier alpha value is -3.02. The topological polar surface area (TPSA) is 73.9 Å². The minimum atomic E-state index is -0.983. The van der Waals surface area contributed by atoms with E-state index in [1.165, 1.54) is 0 Å². The first kappa shape index (κ1) is 16.8. The molecule has 1 aliphatic heterocycles. The van der Waals surface area contributed by atoms with Crippen LogP contribution < -0.4 is 10.1 Å². The van der Waals surface area contributed by atoms with Crippen molar-refractivity contribution in [2.24, 2.45) is 0 Å². The fourth-order valence-corrected chi connectivity index (χ4v) is 2.60. The maximum absolute atomic E-state index is 11.9. The minimum absolute atomic E-state index is 0.228. The normalized spacial score (nSPS) is 19.0. The SMILES string of the molecule is CCOC(=O)[C@H]1OC(=O)N[C@H]1c1ccc(OCc2ccccc2)cc1. The van der Waals surface area contributed by atoms with Crippen LogP contribution in [0.3, 0.4) is 0 Å². The van der Waals surface area contributed by atoms with Crippen LogP contribution in [0, 0.1) is 0 Å². The van der Waals surface area contributed by atoms with Gasteiger partial charge in [0, 0.05) is 0 Å². The van der Waals surface area contributed by atoms with Crippen molar-refractivity contribution in [1.29, 1.82) is 0 Å². The molecule has 2 aromatic carbocycles. The van der Waals surface area contributed by atoms with Crippen LogP contribution in [-0.4, -0.2) is 24.8 Å². The molecule has 0 radical (unpaired) electrons. The van der Waals surface area contributed by atoms with Gasteiger partial charge in [0.2, 0.25) is 6.10 Å². The summed E-state index contributed by atoms with van der Waals surface area (Å²) in [5.41, 5.74) is 1.82. The summed E-state index contributed by atoms with van der Waals surface area (Å²) in [4.78, 5) is 23.4. The molecule has 1 aliphatic rings. The Kier molecular flexibility index (Phi) is 5.18. The molecule has 0 aromatic heterocycles. The van der Waals surface area contributed by atoms with Gasteiger partial charge in [-0.3, -0.25) is 0 Å². The second-order valence-corrected chi connectivity index (χ2v) is 5.54. The predicted molar refractivity (Wildman–Crippen MR) is 90.0 cm³/mol. The van der Waals surface area contributed by atoms with Crippen molar-refractivity contribution in [2.75, 3.05) is 6.61 Å². The number of cyclic esters (lactones) is 1. The number of esters is 1. The molecule has 2 aromatic rings. The molecule has 0 aliphatic carbocycles. The Morgan fingerprint density at radius 2 is 1.84 bits per heavy atom. The molecule has 0 bridgehead atoms. The van der Waals surface area contributed by atoms with Gasteiger partial charge in [-0.05, 0) is 30.2 Å². The van der Waals surface area contributed by atoms with Gasteiger partial charge < -0.3 is 19.5 Å². The van der Waals surface area contributed by atoms with Crippen LogP contribution >= 0.6 is 0 Å². The Morgan fingerprint density at radius 1 is 1.12 bits per heavy atom. The van der Waals surface area contributed by atoms with Gasteiger partial charge in [0.15, 0.2) is 0 Å². The monoisotopic (exact) mass is 341 g/mol. The molecule has 1 amide bonds. The van der Waals surface area contributed by atoms with Gasteiger partial charge in [-0.15, -0.1) is 0 Å². The smallest absolute Gasteiger partial charge is 0.408 e. The summed E-state index contributed by atoms with van der Waals surface area (Å²) < 4.78 is 15.7. The van der Waals surface area contributed by atoms with Crippen LogP contribution in [-0.2, 0) is 20.9 Å². The fraction of sp³-hybridized carbons (Fsp3) is 0.263. The highest BCUT2D eigenvalue weighted by Gasteiger charge is 2.41. The average molecular weight is 341 g/mol. The first-order chi connectivity index (χ1) is 12.2. The largest absolute Gasteiger partial charge is 0.489 e. The number of benzene rings is 2. The summed E-state index contributed by atoms with van der Waals surface area (Å²) >= 11 is 0. The van der Waals surface area contributed by atoms with E-state index in [-0.39, 0.29) is 6.61 Å². The molecular formula is C19H19NO5. The summed E-state index contributed by atoms with van der Waals surface area (Å²) in [5.74, 6) is 0.140. The molecule has 0 spiro atoms. The van der Waals surface area contributed by atoms with E-state index in [0.717, 1.165) is 11.1 Å². The highest BCUT2D eigenvalue weighted by molar-refractivity contribution is 5.83. The van der Waals surface area contributed by atoms with Gasteiger partial charge in [-0.25, -0.2) is 9.59 Å². The fourth-order valence-electron chi connectivity index (χ4n) is 2.60. The molecule has 0 saturated carbocycles. The van der Waals surface area contributed by atoms with Crippen LogP contribution in [0.4, 0.5) is 4.79 Å². The van der Waals surface area contributed by atoms with Crippen molar-refractivity contribution >= 4 is 12.1 Å². The highest BCUT2D eigenvalue weighted by Crippen LogP contribution is 2.27. The number of carbonyl (C=O) groups excluding carboxylic acids is 2. The third-order valence-corrected chi connectivity index (χ3v) is 3.82. The van der Waals surface area contributed by atoms with Gasteiger partial charge in [0.05, 0.1) is 6.61 Å². The number of ether oxygens (including phenoxy) is 3. The zero-order valence-electron chi connectivity index (χ0n) is 13.8. The lowest BCUT2D eigenvalue weighted by Crippen LogP contribution is -2.30. The van der Waals surface area contributed by atoms with E-state index in [1.54, 1.807) is 31.2 Å². The highest BCUT2D eigenvalue weighted by atomic mass is 16.6. The van der Waals surface area contributed by atoms with E-state index < -0.39 is 24.2 Å². The van der Waals surface area contributed by atoms with Crippen molar-refractivity contribution in [3.05, 3.63) is 65.7 Å². The maximum Gasteiger partial charge on any atom is 0.408 e. The van der Waals surface area contributed by atoms with Crippen LogP contribution in [0.15, 0.2) is 54.6 Å². The molecule has 6 nitrogen and oxygen atoms in total. The molecule has 1 fully saturated rings. The third kappa shape index (κ3) is 4.09. The Morgan fingerprint density at radius 3 is 2.52 bits per heavy atom. The summed E-state index contributed by atoms with van der Waals surface area (Å²) in [6.07, 6.45) is -1.61. The van der Waals surface area contributed by atoms with Crippen molar-refractivity contribution in [2.45, 2.75) is 25.7 Å². The van der Waals surface area contributed by atoms with Gasteiger partial charge in [-0.2, -0.15) is 0 Å². The lowest BCUT2D eigenvalue weighted by Gasteiger charge is -2.16. The van der Waals surface area contributed by atoms with Crippen LogP contribution in [0.2, 0.25) is 0 Å². The molecule has 130 valence electrons. The molecule has 3 rings (SSSR count). The first-order valence-corrected chi connectivity index (χ1v) is 8.08. The number of nitrogens with one attached hydrogen (secondary N) is 1. The molecule has 2 atom stereocenters. The molecule has 6 heteroatoms. The van der Waals surface area contributed by atoms with Gasteiger partial charge in [-0.1, -0.05) is 42.5 Å². The minimum Gasteiger partial charge on any atom is -0.489 e. The van der Waals surface area contributed by atoms with E-state index in [0.29, 0.717) is 12.4 Å².